The van der Waals surface area contributed by atoms with E-state index in [1.54, 1.807) is 13.0 Å². The molecule has 0 saturated heterocycles. The van der Waals surface area contributed by atoms with Gasteiger partial charge in [-0.05, 0) is 19.1 Å². The molecule has 0 aliphatic rings. The van der Waals surface area contributed by atoms with Gasteiger partial charge in [-0.15, -0.1) is 11.8 Å². The Hall–Kier alpha value is -1.25. The van der Waals surface area contributed by atoms with E-state index in [9.17, 15) is 13.2 Å². The van der Waals surface area contributed by atoms with E-state index in [2.05, 4.69) is 4.72 Å². The Morgan fingerprint density at radius 3 is 2.76 bits per heavy atom. The Morgan fingerprint density at radius 1 is 1.38 bits per heavy atom. The second kappa shape index (κ2) is 8.91. The zero-order valence-corrected chi connectivity index (χ0v) is 13.5. The summed E-state index contributed by atoms with van der Waals surface area (Å²) < 4.78 is 30.6. The van der Waals surface area contributed by atoms with Crippen LogP contribution < -0.4 is 10.5 Å². The Balaban J connectivity index is 2.30. The number of thioether (sulfide) groups is 1. The van der Waals surface area contributed by atoms with Gasteiger partial charge in [0.2, 0.25) is 10.0 Å². The number of carbonyl (C=O) groups is 1. The van der Waals surface area contributed by atoms with E-state index >= 15 is 0 Å². The number of rotatable bonds is 9. The maximum atomic E-state index is 11.7. The summed E-state index contributed by atoms with van der Waals surface area (Å²) in [5.74, 6) is -0.0516. The molecule has 0 aromatic heterocycles. The van der Waals surface area contributed by atoms with Crippen molar-refractivity contribution in [2.75, 3.05) is 30.4 Å². The first-order chi connectivity index (χ1) is 9.94. The lowest BCUT2D eigenvalue weighted by Crippen LogP contribution is -2.29. The highest BCUT2D eigenvalue weighted by Gasteiger charge is 2.11. The predicted molar refractivity (Wildman–Crippen MR) is 84.6 cm³/mol. The molecule has 8 heteroatoms. The van der Waals surface area contributed by atoms with Crippen molar-refractivity contribution in [3.05, 3.63) is 24.3 Å². The Bertz CT molecular complexity index is 561. The molecule has 0 bridgehead atoms. The summed E-state index contributed by atoms with van der Waals surface area (Å²) in [7, 11) is -3.39. The van der Waals surface area contributed by atoms with Gasteiger partial charge in [-0.3, -0.25) is 4.79 Å². The highest BCUT2D eigenvalue weighted by atomic mass is 32.2. The maximum Gasteiger partial charge on any atom is 0.307 e. The molecule has 0 fully saturated rings. The molecule has 0 saturated carbocycles. The second-order valence-corrected chi connectivity index (χ2v) is 7.22. The number of hydrogen-bond donors (Lipinski definition) is 2. The number of esters is 1. The normalized spacial score (nSPS) is 11.3. The fourth-order valence-corrected chi connectivity index (χ4v) is 3.89. The van der Waals surface area contributed by atoms with Crippen molar-refractivity contribution >= 4 is 33.4 Å². The number of carbonyl (C=O) groups excluding carboxylic acids is 1. The highest BCUT2D eigenvalue weighted by Crippen LogP contribution is 2.24. The molecule has 0 radical (unpaired) electrons. The molecule has 1 aromatic rings. The third kappa shape index (κ3) is 7.35. The Kier molecular flexibility index (Phi) is 7.55. The minimum Gasteiger partial charge on any atom is -0.466 e. The number of nitrogens with two attached hydrogens (primary N) is 1. The average Bonchev–Trinajstić information content (AvgIpc) is 2.41. The number of ether oxygens (including phenoxy) is 1. The van der Waals surface area contributed by atoms with Gasteiger partial charge in [0.1, 0.15) is 0 Å². The first-order valence-corrected chi connectivity index (χ1v) is 9.18. The minimum atomic E-state index is -3.39. The van der Waals surface area contributed by atoms with Crippen molar-refractivity contribution in [2.24, 2.45) is 0 Å². The van der Waals surface area contributed by atoms with Crippen LogP contribution in [-0.4, -0.2) is 39.0 Å². The van der Waals surface area contributed by atoms with Gasteiger partial charge in [0, 0.05) is 22.9 Å². The van der Waals surface area contributed by atoms with E-state index in [-0.39, 0.29) is 18.7 Å². The molecule has 21 heavy (non-hydrogen) atoms. The van der Waals surface area contributed by atoms with Crippen LogP contribution in [0.15, 0.2) is 29.2 Å². The Morgan fingerprint density at radius 2 is 2.10 bits per heavy atom. The lowest BCUT2D eigenvalue weighted by atomic mass is 10.3. The number of sulfonamides is 1. The van der Waals surface area contributed by atoms with Crippen LogP contribution in [0, 0.1) is 0 Å². The summed E-state index contributed by atoms with van der Waals surface area (Å²) in [6.07, 6.45) is 0.0336. The number of nitrogen functional groups attached to an aromatic ring is 1. The largest absolute Gasteiger partial charge is 0.466 e. The second-order valence-electron chi connectivity index (χ2n) is 4.15. The van der Waals surface area contributed by atoms with E-state index in [1.807, 2.05) is 18.2 Å². The van der Waals surface area contributed by atoms with E-state index < -0.39 is 16.0 Å². The first-order valence-electron chi connectivity index (χ1n) is 6.55. The van der Waals surface area contributed by atoms with Gasteiger partial charge in [-0.2, -0.15) is 0 Å². The van der Waals surface area contributed by atoms with E-state index in [0.717, 1.165) is 4.90 Å². The van der Waals surface area contributed by atoms with Crippen molar-refractivity contribution in [1.82, 2.24) is 4.72 Å². The van der Waals surface area contributed by atoms with Crippen LogP contribution in [0.25, 0.3) is 0 Å². The van der Waals surface area contributed by atoms with Crippen LogP contribution in [0.5, 0.6) is 0 Å². The molecule has 1 aromatic carbocycles. The van der Waals surface area contributed by atoms with Crippen LogP contribution in [0.3, 0.4) is 0 Å². The van der Waals surface area contributed by atoms with E-state index in [1.165, 1.54) is 11.8 Å². The fourth-order valence-electron chi connectivity index (χ4n) is 1.49. The summed E-state index contributed by atoms with van der Waals surface area (Å²) in [6.45, 7) is 2.05. The van der Waals surface area contributed by atoms with Crippen LogP contribution >= 0.6 is 11.8 Å². The zero-order valence-electron chi connectivity index (χ0n) is 11.9. The molecular weight excluding hydrogens is 312 g/mol. The van der Waals surface area contributed by atoms with Gasteiger partial charge in [-0.25, -0.2) is 13.1 Å². The summed E-state index contributed by atoms with van der Waals surface area (Å²) in [6, 6.07) is 7.30. The summed E-state index contributed by atoms with van der Waals surface area (Å²) in [5, 5.41) is 0. The lowest BCUT2D eigenvalue weighted by Gasteiger charge is -2.07. The van der Waals surface area contributed by atoms with E-state index in [0.29, 0.717) is 18.0 Å². The SMILES string of the molecule is CCOC(=O)CCNS(=O)(=O)CCSc1ccccc1N. The molecule has 0 atom stereocenters. The number of anilines is 1. The highest BCUT2D eigenvalue weighted by molar-refractivity contribution is 8.00. The third-order valence-corrected chi connectivity index (χ3v) is 5.22. The fraction of sp³-hybridized carbons (Fsp3) is 0.462. The van der Waals surface area contributed by atoms with Gasteiger partial charge in [0.15, 0.2) is 0 Å². The number of para-hydroxylation sites is 1. The van der Waals surface area contributed by atoms with Crippen LogP contribution in [0.1, 0.15) is 13.3 Å². The summed E-state index contributed by atoms with van der Waals surface area (Å²) in [4.78, 5) is 12.0. The van der Waals surface area contributed by atoms with Gasteiger partial charge in [-0.1, -0.05) is 12.1 Å². The van der Waals surface area contributed by atoms with Crippen molar-refractivity contribution in [3.8, 4) is 0 Å². The number of hydrogen-bond acceptors (Lipinski definition) is 6. The molecule has 0 aliphatic heterocycles. The van der Waals surface area contributed by atoms with Crippen molar-refractivity contribution in [1.29, 1.82) is 0 Å². The molecule has 0 aliphatic carbocycles. The monoisotopic (exact) mass is 332 g/mol. The maximum absolute atomic E-state index is 11.7. The summed E-state index contributed by atoms with van der Waals surface area (Å²) >= 11 is 1.39. The molecule has 0 spiro atoms. The van der Waals surface area contributed by atoms with Crippen LogP contribution in [0.4, 0.5) is 5.69 Å². The van der Waals surface area contributed by atoms with Gasteiger partial charge in [0.05, 0.1) is 18.8 Å². The number of nitrogens with one attached hydrogen (secondary N) is 1. The van der Waals surface area contributed by atoms with Crippen LogP contribution in [0.2, 0.25) is 0 Å². The molecular formula is C13H20N2O4S2. The molecule has 3 N–H and O–H groups in total. The molecule has 0 heterocycles. The first kappa shape index (κ1) is 17.8. The predicted octanol–water partition coefficient (Wildman–Crippen LogP) is 1.23. The topological polar surface area (TPSA) is 98.5 Å². The van der Waals surface area contributed by atoms with Gasteiger partial charge in [0.25, 0.3) is 0 Å². The van der Waals surface area contributed by atoms with E-state index in [4.69, 9.17) is 10.5 Å². The Labute approximate surface area is 129 Å². The van der Waals surface area contributed by atoms with Crippen molar-refractivity contribution in [3.63, 3.8) is 0 Å². The van der Waals surface area contributed by atoms with Gasteiger partial charge < -0.3 is 10.5 Å². The van der Waals surface area contributed by atoms with Crippen molar-refractivity contribution < 1.29 is 17.9 Å². The van der Waals surface area contributed by atoms with Gasteiger partial charge >= 0.3 is 5.97 Å². The summed E-state index contributed by atoms with van der Waals surface area (Å²) in [5.41, 5.74) is 6.41. The molecule has 118 valence electrons. The molecule has 0 unspecified atom stereocenters. The molecule has 6 nitrogen and oxygen atoms in total. The molecule has 0 amide bonds. The lowest BCUT2D eigenvalue weighted by molar-refractivity contribution is -0.142. The zero-order chi connectivity index (χ0) is 15.7. The number of benzene rings is 1. The smallest absolute Gasteiger partial charge is 0.307 e. The quantitative estimate of drug-likeness (QED) is 0.401. The average molecular weight is 332 g/mol. The van der Waals surface area contributed by atoms with Crippen molar-refractivity contribution in [2.45, 2.75) is 18.2 Å². The standard InChI is InChI=1S/C13H20N2O4S2/c1-2-19-13(16)7-8-15-21(17,18)10-9-20-12-6-4-3-5-11(12)14/h3-6,15H,2,7-10,14H2,1H3. The minimum absolute atomic E-state index is 0.0329. The third-order valence-electron chi connectivity index (χ3n) is 2.49. The molecule has 1 rings (SSSR count). The van der Waals surface area contributed by atoms with Crippen LogP contribution in [-0.2, 0) is 19.6 Å².